The van der Waals surface area contributed by atoms with E-state index < -0.39 is 15.8 Å². The molecule has 0 saturated carbocycles. The number of aryl methyl sites for hydroxylation is 1. The number of hydrogen-bond acceptors (Lipinski definition) is 5. The smallest absolute Gasteiger partial charge is 0.236 e. The van der Waals surface area contributed by atoms with Gasteiger partial charge in [0.05, 0.1) is 0 Å². The molecule has 0 bridgehead atoms. The standard InChI is InChI=1S/C14H12FN5O2S/c1-9-18-14(10-3-2-4-11(15)7-10)20(19-9)13-6-5-12(8-17-13)23(16,21)22/h2-8H,1H3,(H2,16,21,22). The van der Waals surface area contributed by atoms with Crippen LogP contribution in [-0.4, -0.2) is 28.2 Å². The Kier molecular flexibility index (Phi) is 3.66. The van der Waals surface area contributed by atoms with Crippen molar-refractivity contribution in [3.8, 4) is 17.2 Å². The summed E-state index contributed by atoms with van der Waals surface area (Å²) in [4.78, 5) is 8.21. The fraction of sp³-hybridized carbons (Fsp3) is 0.0714. The third-order valence-electron chi connectivity index (χ3n) is 3.06. The lowest BCUT2D eigenvalue weighted by Gasteiger charge is -2.06. The Morgan fingerprint density at radius 1 is 1.22 bits per heavy atom. The second-order valence-electron chi connectivity index (χ2n) is 4.80. The number of hydrogen-bond donors (Lipinski definition) is 1. The highest BCUT2D eigenvalue weighted by Crippen LogP contribution is 2.21. The molecule has 2 N–H and O–H groups in total. The van der Waals surface area contributed by atoms with Crippen LogP contribution >= 0.6 is 0 Å². The molecular formula is C14H12FN5O2S. The summed E-state index contributed by atoms with van der Waals surface area (Å²) in [5, 5.41) is 9.26. The molecule has 0 aliphatic heterocycles. The van der Waals surface area contributed by atoms with Gasteiger partial charge in [-0.3, -0.25) is 0 Å². The summed E-state index contributed by atoms with van der Waals surface area (Å²) >= 11 is 0. The molecule has 0 amide bonds. The van der Waals surface area contributed by atoms with Crippen LogP contribution in [0, 0.1) is 12.7 Å². The Bertz CT molecular complexity index is 967. The molecule has 23 heavy (non-hydrogen) atoms. The summed E-state index contributed by atoms with van der Waals surface area (Å²) in [7, 11) is -3.82. The van der Waals surface area contributed by atoms with Crippen LogP contribution < -0.4 is 5.14 Å². The van der Waals surface area contributed by atoms with Gasteiger partial charge in [-0.1, -0.05) is 12.1 Å². The Balaban J connectivity index is 2.11. The molecule has 0 atom stereocenters. The highest BCUT2D eigenvalue weighted by molar-refractivity contribution is 7.89. The highest BCUT2D eigenvalue weighted by Gasteiger charge is 2.14. The zero-order chi connectivity index (χ0) is 16.6. The van der Waals surface area contributed by atoms with Crippen molar-refractivity contribution in [2.75, 3.05) is 0 Å². The molecule has 9 heteroatoms. The lowest BCUT2D eigenvalue weighted by Crippen LogP contribution is -2.13. The van der Waals surface area contributed by atoms with E-state index in [1.165, 1.54) is 28.9 Å². The first kappa shape index (κ1) is 15.3. The minimum atomic E-state index is -3.82. The molecule has 0 aliphatic carbocycles. The molecule has 7 nitrogen and oxygen atoms in total. The van der Waals surface area contributed by atoms with E-state index in [1.807, 2.05) is 0 Å². The largest absolute Gasteiger partial charge is 0.239 e. The van der Waals surface area contributed by atoms with Crippen molar-refractivity contribution < 1.29 is 12.8 Å². The van der Waals surface area contributed by atoms with Gasteiger partial charge in [-0.25, -0.2) is 27.9 Å². The molecule has 1 aromatic carbocycles. The van der Waals surface area contributed by atoms with Crippen molar-refractivity contribution in [1.29, 1.82) is 0 Å². The van der Waals surface area contributed by atoms with Gasteiger partial charge in [0.2, 0.25) is 10.0 Å². The molecule has 2 aromatic heterocycles. The summed E-state index contributed by atoms with van der Waals surface area (Å²) in [6, 6.07) is 8.70. The van der Waals surface area contributed by atoms with Gasteiger partial charge in [0.15, 0.2) is 11.6 Å². The van der Waals surface area contributed by atoms with E-state index in [-0.39, 0.29) is 4.90 Å². The number of benzene rings is 1. The van der Waals surface area contributed by atoms with E-state index >= 15 is 0 Å². The molecule has 0 aliphatic rings. The molecule has 118 valence electrons. The number of aromatic nitrogens is 4. The van der Waals surface area contributed by atoms with Gasteiger partial charge in [-0.2, -0.15) is 4.68 Å². The van der Waals surface area contributed by atoms with Crippen molar-refractivity contribution in [1.82, 2.24) is 19.7 Å². The minimum Gasteiger partial charge on any atom is -0.236 e. The van der Waals surface area contributed by atoms with Crippen molar-refractivity contribution in [2.24, 2.45) is 5.14 Å². The van der Waals surface area contributed by atoms with Gasteiger partial charge in [0.25, 0.3) is 0 Å². The Hall–Kier alpha value is -2.65. The van der Waals surface area contributed by atoms with Gasteiger partial charge < -0.3 is 0 Å². The SMILES string of the molecule is Cc1nc(-c2cccc(F)c2)n(-c2ccc(S(N)(=O)=O)cn2)n1. The number of primary sulfonamides is 1. The molecule has 3 aromatic rings. The number of pyridine rings is 1. The van der Waals surface area contributed by atoms with Gasteiger partial charge in [0.1, 0.15) is 16.5 Å². The lowest BCUT2D eigenvalue weighted by atomic mass is 10.2. The van der Waals surface area contributed by atoms with Crippen LogP contribution in [0.15, 0.2) is 47.5 Å². The monoisotopic (exact) mass is 333 g/mol. The predicted octanol–water partition coefficient (Wildman–Crippen LogP) is 1.42. The maximum Gasteiger partial charge on any atom is 0.239 e. The Labute approximate surface area is 131 Å². The lowest BCUT2D eigenvalue weighted by molar-refractivity contribution is 0.597. The average molecular weight is 333 g/mol. The summed E-state index contributed by atoms with van der Waals surface area (Å²) in [6.07, 6.45) is 1.14. The molecular weight excluding hydrogens is 321 g/mol. The average Bonchev–Trinajstić information content (AvgIpc) is 2.88. The summed E-state index contributed by atoms with van der Waals surface area (Å²) in [6.45, 7) is 1.69. The van der Waals surface area contributed by atoms with Gasteiger partial charge in [0, 0.05) is 11.8 Å². The summed E-state index contributed by atoms with van der Waals surface area (Å²) in [5.74, 6) is 0.823. The van der Waals surface area contributed by atoms with E-state index in [9.17, 15) is 12.8 Å². The molecule has 0 spiro atoms. The third kappa shape index (κ3) is 3.10. The summed E-state index contributed by atoms with van der Waals surface area (Å²) in [5.41, 5.74) is 0.530. The fourth-order valence-electron chi connectivity index (χ4n) is 2.06. The predicted molar refractivity (Wildman–Crippen MR) is 80.7 cm³/mol. The fourth-order valence-corrected chi connectivity index (χ4v) is 2.51. The Morgan fingerprint density at radius 3 is 2.61 bits per heavy atom. The van der Waals surface area contributed by atoms with Crippen LogP contribution in [0.5, 0.6) is 0 Å². The van der Waals surface area contributed by atoms with Crippen LogP contribution in [0.2, 0.25) is 0 Å². The van der Waals surface area contributed by atoms with E-state index in [2.05, 4.69) is 15.1 Å². The van der Waals surface area contributed by atoms with Gasteiger partial charge in [-0.05, 0) is 31.2 Å². The van der Waals surface area contributed by atoms with E-state index in [4.69, 9.17) is 5.14 Å². The first-order valence-electron chi connectivity index (χ1n) is 6.53. The highest BCUT2D eigenvalue weighted by atomic mass is 32.2. The van der Waals surface area contributed by atoms with E-state index in [0.717, 1.165) is 6.20 Å². The van der Waals surface area contributed by atoms with Crippen LogP contribution in [0.1, 0.15) is 5.82 Å². The number of sulfonamides is 1. The maximum absolute atomic E-state index is 13.4. The van der Waals surface area contributed by atoms with Gasteiger partial charge >= 0.3 is 0 Å². The number of halogens is 1. The second-order valence-corrected chi connectivity index (χ2v) is 6.36. The van der Waals surface area contributed by atoms with E-state index in [0.29, 0.717) is 23.0 Å². The second kappa shape index (κ2) is 5.52. The van der Waals surface area contributed by atoms with Crippen molar-refractivity contribution in [3.63, 3.8) is 0 Å². The molecule has 0 unspecified atom stereocenters. The third-order valence-corrected chi connectivity index (χ3v) is 3.96. The zero-order valence-electron chi connectivity index (χ0n) is 12.0. The van der Waals surface area contributed by atoms with Crippen LogP contribution in [-0.2, 0) is 10.0 Å². The van der Waals surface area contributed by atoms with Crippen molar-refractivity contribution in [3.05, 3.63) is 54.2 Å². The molecule has 0 fully saturated rings. The molecule has 3 rings (SSSR count). The number of rotatable bonds is 3. The normalized spacial score (nSPS) is 11.6. The topological polar surface area (TPSA) is 104 Å². The Morgan fingerprint density at radius 2 is 2.00 bits per heavy atom. The van der Waals surface area contributed by atoms with Crippen LogP contribution in [0.25, 0.3) is 17.2 Å². The van der Waals surface area contributed by atoms with E-state index in [1.54, 1.807) is 19.1 Å². The van der Waals surface area contributed by atoms with Crippen molar-refractivity contribution >= 4 is 10.0 Å². The quantitative estimate of drug-likeness (QED) is 0.781. The molecule has 0 saturated heterocycles. The van der Waals surface area contributed by atoms with Gasteiger partial charge in [-0.15, -0.1) is 5.10 Å². The minimum absolute atomic E-state index is 0.106. The zero-order valence-corrected chi connectivity index (χ0v) is 12.8. The van der Waals surface area contributed by atoms with Crippen LogP contribution in [0.4, 0.5) is 4.39 Å². The first-order valence-corrected chi connectivity index (χ1v) is 8.08. The summed E-state index contributed by atoms with van der Waals surface area (Å²) < 4.78 is 37.4. The molecule has 0 radical (unpaired) electrons. The molecule has 2 heterocycles. The number of nitrogens with two attached hydrogens (primary N) is 1. The first-order chi connectivity index (χ1) is 10.8. The maximum atomic E-state index is 13.4. The number of nitrogens with zero attached hydrogens (tertiary/aromatic N) is 4. The van der Waals surface area contributed by atoms with Crippen LogP contribution in [0.3, 0.4) is 0 Å². The van der Waals surface area contributed by atoms with Crippen molar-refractivity contribution in [2.45, 2.75) is 11.8 Å².